The molecule has 1 aliphatic heterocycles. The van der Waals surface area contributed by atoms with Gasteiger partial charge in [0.1, 0.15) is 16.8 Å². The zero-order valence-electron chi connectivity index (χ0n) is 23.7. The Hall–Kier alpha value is -4.16. The standard InChI is InChI=1S/C30H31N5O5S2/c1-5-24(29(37)33-21-8-11-25-26(13-21)40-17-39-25)35(28(36)16-42-30-31-18(2)12-19(3)32-30)14-27-34-23(15-41-27)20-6-9-22(38-4)10-7-20/h6-13,15,24H,5,14,16-17H2,1-4H3,(H,33,37). The van der Waals surface area contributed by atoms with Gasteiger partial charge in [0, 0.05) is 34.1 Å². The van der Waals surface area contributed by atoms with E-state index in [2.05, 4.69) is 15.3 Å². The van der Waals surface area contributed by atoms with Gasteiger partial charge in [-0.1, -0.05) is 18.7 Å². The average Bonchev–Trinajstić information content (AvgIpc) is 3.65. The van der Waals surface area contributed by atoms with Crippen LogP contribution < -0.4 is 19.5 Å². The molecule has 42 heavy (non-hydrogen) atoms. The number of nitrogens with zero attached hydrogens (tertiary/aromatic N) is 4. The Kier molecular flexibility index (Phi) is 9.23. The Morgan fingerprint density at radius 3 is 2.50 bits per heavy atom. The van der Waals surface area contributed by atoms with Gasteiger partial charge in [0.15, 0.2) is 16.7 Å². The van der Waals surface area contributed by atoms with E-state index in [1.165, 1.54) is 23.1 Å². The van der Waals surface area contributed by atoms with Crippen LogP contribution in [-0.4, -0.2) is 57.4 Å². The highest BCUT2D eigenvalue weighted by atomic mass is 32.2. The van der Waals surface area contributed by atoms with Crippen LogP contribution in [0, 0.1) is 13.8 Å². The summed E-state index contributed by atoms with van der Waals surface area (Å²) in [7, 11) is 1.62. The summed E-state index contributed by atoms with van der Waals surface area (Å²) in [4.78, 5) is 42.6. The maximum Gasteiger partial charge on any atom is 0.247 e. The van der Waals surface area contributed by atoms with Crippen molar-refractivity contribution in [2.24, 2.45) is 0 Å². The highest BCUT2D eigenvalue weighted by molar-refractivity contribution is 7.99. The quantitative estimate of drug-likeness (QED) is 0.175. The summed E-state index contributed by atoms with van der Waals surface area (Å²) in [5.41, 5.74) is 3.95. The van der Waals surface area contributed by atoms with Crippen molar-refractivity contribution in [3.8, 4) is 28.5 Å². The zero-order chi connectivity index (χ0) is 29.6. The Bertz CT molecular complexity index is 1560. The third-order valence-electron chi connectivity index (χ3n) is 6.56. The molecular weight excluding hydrogens is 574 g/mol. The van der Waals surface area contributed by atoms with Gasteiger partial charge in [-0.05, 0) is 62.7 Å². The second-order valence-electron chi connectivity index (χ2n) is 9.58. The lowest BCUT2D eigenvalue weighted by atomic mass is 10.1. The number of ether oxygens (including phenoxy) is 3. The molecule has 0 saturated carbocycles. The predicted octanol–water partition coefficient (Wildman–Crippen LogP) is 5.49. The van der Waals surface area contributed by atoms with E-state index in [1.54, 1.807) is 30.2 Å². The number of anilines is 1. The molecule has 1 N–H and O–H groups in total. The molecule has 0 bridgehead atoms. The number of thiazole rings is 1. The number of amides is 2. The number of nitrogens with one attached hydrogen (secondary N) is 1. The van der Waals surface area contributed by atoms with Crippen molar-refractivity contribution in [1.29, 1.82) is 0 Å². The third-order valence-corrected chi connectivity index (χ3v) is 8.22. The molecular formula is C30H31N5O5S2. The van der Waals surface area contributed by atoms with Crippen molar-refractivity contribution in [2.45, 2.75) is 44.9 Å². The first kappa shape index (κ1) is 29.3. The molecule has 12 heteroatoms. The maximum atomic E-state index is 13.7. The first-order valence-electron chi connectivity index (χ1n) is 13.4. The lowest BCUT2D eigenvalue weighted by Crippen LogP contribution is -2.47. The van der Waals surface area contributed by atoms with Crippen molar-refractivity contribution >= 4 is 40.6 Å². The van der Waals surface area contributed by atoms with Crippen molar-refractivity contribution in [3.63, 3.8) is 0 Å². The minimum absolute atomic E-state index is 0.0768. The van der Waals surface area contributed by atoms with Crippen LogP contribution >= 0.6 is 23.1 Å². The van der Waals surface area contributed by atoms with Crippen LogP contribution in [0.25, 0.3) is 11.3 Å². The molecule has 0 aliphatic carbocycles. The lowest BCUT2D eigenvalue weighted by Gasteiger charge is -2.29. The number of carbonyl (C=O) groups is 2. The summed E-state index contributed by atoms with van der Waals surface area (Å²) < 4.78 is 16.1. The van der Waals surface area contributed by atoms with E-state index in [0.29, 0.717) is 28.8 Å². The van der Waals surface area contributed by atoms with Gasteiger partial charge >= 0.3 is 0 Å². The highest BCUT2D eigenvalue weighted by Crippen LogP contribution is 2.34. The topological polar surface area (TPSA) is 116 Å². The number of aromatic nitrogens is 3. The SMILES string of the molecule is CCC(C(=O)Nc1ccc2c(c1)OCO2)N(Cc1nc(-c2ccc(OC)cc2)cs1)C(=O)CSc1nc(C)cc(C)n1. The van der Waals surface area contributed by atoms with Crippen LogP contribution in [0.15, 0.2) is 59.1 Å². The van der Waals surface area contributed by atoms with E-state index in [-0.39, 0.29) is 30.9 Å². The molecule has 2 aromatic heterocycles. The molecule has 2 amide bonds. The molecule has 0 saturated heterocycles. The van der Waals surface area contributed by atoms with E-state index in [1.807, 2.05) is 56.5 Å². The molecule has 0 radical (unpaired) electrons. The monoisotopic (exact) mass is 605 g/mol. The molecule has 218 valence electrons. The summed E-state index contributed by atoms with van der Waals surface area (Å²) in [6, 6.07) is 14.0. The summed E-state index contributed by atoms with van der Waals surface area (Å²) in [6.45, 7) is 5.99. The number of carbonyl (C=O) groups excluding carboxylic acids is 2. The molecule has 1 atom stereocenters. The van der Waals surface area contributed by atoms with Gasteiger partial charge in [0.2, 0.25) is 18.6 Å². The Morgan fingerprint density at radius 1 is 1.05 bits per heavy atom. The summed E-state index contributed by atoms with van der Waals surface area (Å²) in [6.07, 6.45) is 0.406. The Balaban J connectivity index is 1.37. The zero-order valence-corrected chi connectivity index (χ0v) is 25.4. The second-order valence-corrected chi connectivity index (χ2v) is 11.5. The van der Waals surface area contributed by atoms with Crippen molar-refractivity contribution in [2.75, 3.05) is 25.0 Å². The molecule has 3 heterocycles. The number of hydrogen-bond acceptors (Lipinski definition) is 10. The van der Waals surface area contributed by atoms with Gasteiger partial charge in [0.05, 0.1) is 25.1 Å². The van der Waals surface area contributed by atoms with Gasteiger partial charge in [-0.25, -0.2) is 15.0 Å². The summed E-state index contributed by atoms with van der Waals surface area (Å²) >= 11 is 2.70. The van der Waals surface area contributed by atoms with Gasteiger partial charge in [0.25, 0.3) is 0 Å². The van der Waals surface area contributed by atoms with Gasteiger partial charge < -0.3 is 24.4 Å². The van der Waals surface area contributed by atoms with E-state index in [9.17, 15) is 9.59 Å². The van der Waals surface area contributed by atoms with Crippen LogP contribution in [0.1, 0.15) is 29.7 Å². The summed E-state index contributed by atoms with van der Waals surface area (Å²) in [5.74, 6) is 1.51. The van der Waals surface area contributed by atoms with Crippen LogP contribution in [0.2, 0.25) is 0 Å². The smallest absolute Gasteiger partial charge is 0.247 e. The molecule has 5 rings (SSSR count). The number of methoxy groups -OCH3 is 1. The first-order valence-corrected chi connectivity index (χ1v) is 15.2. The minimum atomic E-state index is -0.739. The third kappa shape index (κ3) is 7.00. The largest absolute Gasteiger partial charge is 0.497 e. The normalized spacial score (nSPS) is 12.6. The second kappa shape index (κ2) is 13.2. The van der Waals surface area contributed by atoms with E-state index in [4.69, 9.17) is 19.2 Å². The Morgan fingerprint density at radius 2 is 1.79 bits per heavy atom. The maximum absolute atomic E-state index is 13.7. The van der Waals surface area contributed by atoms with Crippen molar-refractivity contribution in [3.05, 3.63) is 70.3 Å². The number of thioether (sulfide) groups is 1. The van der Waals surface area contributed by atoms with Gasteiger partial charge in [-0.15, -0.1) is 11.3 Å². The average molecular weight is 606 g/mol. The molecule has 1 aliphatic rings. The highest BCUT2D eigenvalue weighted by Gasteiger charge is 2.30. The van der Waals surface area contributed by atoms with Gasteiger partial charge in [-0.3, -0.25) is 9.59 Å². The molecule has 4 aromatic rings. The minimum Gasteiger partial charge on any atom is -0.497 e. The van der Waals surface area contributed by atoms with Crippen molar-refractivity contribution < 1.29 is 23.8 Å². The molecule has 10 nitrogen and oxygen atoms in total. The van der Waals surface area contributed by atoms with E-state index < -0.39 is 6.04 Å². The van der Waals surface area contributed by atoms with Crippen LogP contribution in [0.3, 0.4) is 0 Å². The molecule has 0 spiro atoms. The Labute approximate surface area is 252 Å². The van der Waals surface area contributed by atoms with E-state index >= 15 is 0 Å². The van der Waals surface area contributed by atoms with Crippen LogP contribution in [0.4, 0.5) is 5.69 Å². The fraction of sp³-hybridized carbons (Fsp3) is 0.300. The van der Waals surface area contributed by atoms with Gasteiger partial charge in [-0.2, -0.15) is 0 Å². The lowest BCUT2D eigenvalue weighted by molar-refractivity contribution is -0.137. The number of rotatable bonds is 11. The number of benzene rings is 2. The number of hydrogen-bond donors (Lipinski definition) is 1. The van der Waals surface area contributed by atoms with Crippen LogP contribution in [-0.2, 0) is 16.1 Å². The fourth-order valence-corrected chi connectivity index (χ4v) is 6.15. The fourth-order valence-electron chi connectivity index (χ4n) is 4.51. The molecule has 2 aromatic carbocycles. The van der Waals surface area contributed by atoms with Crippen molar-refractivity contribution in [1.82, 2.24) is 19.9 Å². The predicted molar refractivity (Wildman–Crippen MR) is 162 cm³/mol. The first-order chi connectivity index (χ1) is 20.3. The number of fused-ring (bicyclic) bond motifs is 1. The molecule has 0 fully saturated rings. The molecule has 1 unspecified atom stereocenters. The number of aryl methyl sites for hydroxylation is 2. The van der Waals surface area contributed by atoms with Crippen LogP contribution in [0.5, 0.6) is 17.2 Å². The summed E-state index contributed by atoms with van der Waals surface area (Å²) in [5, 5.41) is 6.14. The van der Waals surface area contributed by atoms with E-state index in [0.717, 1.165) is 33.4 Å².